The molecule has 0 aromatic heterocycles. The second-order valence-corrected chi connectivity index (χ2v) is 9.24. The van der Waals surface area contributed by atoms with Crippen molar-refractivity contribution in [1.29, 1.82) is 0 Å². The quantitative estimate of drug-likeness (QED) is 0.776. The molecule has 4 saturated heterocycles. The molecule has 4 aliphatic heterocycles. The number of carbonyl (C=O) groups is 2. The number of hydrogen-bond donors (Lipinski definition) is 1. The normalized spacial score (nSPS) is 32.9. The molecule has 0 bridgehead atoms. The predicted octanol–water partition coefficient (Wildman–Crippen LogP) is 1.17. The maximum atomic E-state index is 13.7. The molecule has 4 rings (SSSR count). The molecule has 2 atom stereocenters. The van der Waals surface area contributed by atoms with Gasteiger partial charge in [0, 0.05) is 46.0 Å². The van der Waals surface area contributed by atoms with Crippen LogP contribution in [0.4, 0.5) is 0 Å². The summed E-state index contributed by atoms with van der Waals surface area (Å²) < 4.78 is 10.5. The van der Waals surface area contributed by atoms with Gasteiger partial charge in [-0.2, -0.15) is 0 Å². The van der Waals surface area contributed by atoms with Gasteiger partial charge in [-0.15, -0.1) is 0 Å². The van der Waals surface area contributed by atoms with Crippen molar-refractivity contribution in [2.75, 3.05) is 53.1 Å². The number of amides is 2. The summed E-state index contributed by atoms with van der Waals surface area (Å²) in [6.07, 6.45) is 8.36. The number of hydrogen-bond acceptors (Lipinski definition) is 5. The molecule has 0 aromatic carbocycles. The van der Waals surface area contributed by atoms with Crippen LogP contribution in [0.15, 0.2) is 0 Å². The Kier molecular flexibility index (Phi) is 5.95. The van der Waals surface area contributed by atoms with E-state index in [-0.39, 0.29) is 18.6 Å². The molecule has 0 aliphatic carbocycles. The van der Waals surface area contributed by atoms with Gasteiger partial charge in [0.25, 0.3) is 0 Å². The molecular weight excluding hydrogens is 358 g/mol. The fourth-order valence-electron chi connectivity index (χ4n) is 5.94. The van der Waals surface area contributed by atoms with Crippen LogP contribution in [0, 0.1) is 5.41 Å². The number of ether oxygens (including phenoxy) is 2. The molecular formula is C21H35N3O4. The molecule has 158 valence electrons. The van der Waals surface area contributed by atoms with Crippen LogP contribution in [0.25, 0.3) is 0 Å². The fourth-order valence-corrected chi connectivity index (χ4v) is 5.94. The van der Waals surface area contributed by atoms with Crippen molar-refractivity contribution in [2.24, 2.45) is 5.41 Å². The van der Waals surface area contributed by atoms with Gasteiger partial charge in [-0.1, -0.05) is 0 Å². The molecule has 4 fully saturated rings. The average molecular weight is 394 g/mol. The van der Waals surface area contributed by atoms with E-state index in [0.29, 0.717) is 11.3 Å². The SMILES string of the molecule is COCC(=O)NC1CN2CCCC[C@]2(C(=O)N2CCC3(CCOCC3)CC2)C1. The molecule has 1 unspecified atom stereocenters. The van der Waals surface area contributed by atoms with Crippen LogP contribution in [0.2, 0.25) is 0 Å². The zero-order valence-corrected chi connectivity index (χ0v) is 17.2. The number of rotatable bonds is 4. The summed E-state index contributed by atoms with van der Waals surface area (Å²) in [5.41, 5.74) is -0.0191. The smallest absolute Gasteiger partial charge is 0.246 e. The number of likely N-dealkylation sites (tertiary alicyclic amines) is 1. The van der Waals surface area contributed by atoms with E-state index in [1.54, 1.807) is 0 Å². The van der Waals surface area contributed by atoms with Gasteiger partial charge in [0.1, 0.15) is 12.1 Å². The van der Waals surface area contributed by atoms with Crippen molar-refractivity contribution < 1.29 is 19.1 Å². The van der Waals surface area contributed by atoms with Gasteiger partial charge in [-0.25, -0.2) is 0 Å². The minimum absolute atomic E-state index is 0.0383. The Balaban J connectivity index is 1.42. The Labute approximate surface area is 168 Å². The Morgan fingerprint density at radius 2 is 1.82 bits per heavy atom. The molecule has 2 amide bonds. The van der Waals surface area contributed by atoms with Gasteiger partial charge in [-0.05, 0) is 63.3 Å². The topological polar surface area (TPSA) is 71.1 Å². The van der Waals surface area contributed by atoms with Crippen molar-refractivity contribution in [3.8, 4) is 0 Å². The van der Waals surface area contributed by atoms with Crippen LogP contribution in [0.3, 0.4) is 0 Å². The van der Waals surface area contributed by atoms with Crippen LogP contribution >= 0.6 is 0 Å². The first-order valence-corrected chi connectivity index (χ1v) is 11.0. The molecule has 4 heterocycles. The Bertz CT molecular complexity index is 582. The first-order valence-electron chi connectivity index (χ1n) is 11.0. The van der Waals surface area contributed by atoms with Crippen LogP contribution in [0.5, 0.6) is 0 Å². The van der Waals surface area contributed by atoms with E-state index in [9.17, 15) is 9.59 Å². The Hall–Kier alpha value is -1.18. The molecule has 0 radical (unpaired) electrons. The third kappa shape index (κ3) is 3.81. The molecule has 28 heavy (non-hydrogen) atoms. The first-order chi connectivity index (χ1) is 13.6. The van der Waals surface area contributed by atoms with Crippen molar-refractivity contribution in [2.45, 2.75) is 62.9 Å². The van der Waals surface area contributed by atoms with E-state index in [4.69, 9.17) is 9.47 Å². The van der Waals surface area contributed by atoms with Crippen molar-refractivity contribution in [3.63, 3.8) is 0 Å². The van der Waals surface area contributed by atoms with E-state index in [0.717, 1.165) is 90.8 Å². The van der Waals surface area contributed by atoms with E-state index in [1.165, 1.54) is 7.11 Å². The highest BCUT2D eigenvalue weighted by Crippen LogP contribution is 2.43. The molecule has 7 heteroatoms. The van der Waals surface area contributed by atoms with Crippen LogP contribution in [0.1, 0.15) is 51.4 Å². The second-order valence-electron chi connectivity index (χ2n) is 9.24. The Morgan fingerprint density at radius 1 is 1.07 bits per heavy atom. The average Bonchev–Trinajstić information content (AvgIpc) is 3.08. The molecule has 1 N–H and O–H groups in total. The van der Waals surface area contributed by atoms with Gasteiger partial charge in [0.15, 0.2) is 0 Å². The molecule has 7 nitrogen and oxygen atoms in total. The van der Waals surface area contributed by atoms with Crippen LogP contribution < -0.4 is 5.32 Å². The van der Waals surface area contributed by atoms with Crippen LogP contribution in [-0.4, -0.2) is 86.3 Å². The first kappa shape index (κ1) is 20.1. The summed E-state index contributed by atoms with van der Waals surface area (Å²) in [6, 6.07) is 0.0383. The third-order valence-corrected chi connectivity index (χ3v) is 7.60. The summed E-state index contributed by atoms with van der Waals surface area (Å²) in [5, 5.41) is 3.08. The van der Waals surface area contributed by atoms with Gasteiger partial charge in [0.05, 0.1) is 0 Å². The summed E-state index contributed by atoms with van der Waals surface area (Å²) in [6.45, 7) is 5.29. The number of methoxy groups -OCH3 is 1. The van der Waals surface area contributed by atoms with Crippen LogP contribution in [-0.2, 0) is 19.1 Å². The number of nitrogens with one attached hydrogen (secondary N) is 1. The summed E-state index contributed by atoms with van der Waals surface area (Å²) in [4.78, 5) is 30.2. The van der Waals surface area contributed by atoms with Crippen molar-refractivity contribution in [1.82, 2.24) is 15.1 Å². The fraction of sp³-hybridized carbons (Fsp3) is 0.905. The van der Waals surface area contributed by atoms with E-state index in [1.807, 2.05) is 0 Å². The lowest BCUT2D eigenvalue weighted by Crippen LogP contribution is -2.60. The zero-order chi connectivity index (χ0) is 19.6. The lowest BCUT2D eigenvalue weighted by atomic mass is 9.72. The Morgan fingerprint density at radius 3 is 2.54 bits per heavy atom. The number of piperidine rings is 2. The lowest BCUT2D eigenvalue weighted by Gasteiger charge is -2.48. The molecule has 0 saturated carbocycles. The van der Waals surface area contributed by atoms with Gasteiger partial charge >= 0.3 is 0 Å². The highest BCUT2D eigenvalue weighted by Gasteiger charge is 2.54. The number of carbonyl (C=O) groups excluding carboxylic acids is 2. The molecule has 1 spiro atoms. The molecule has 4 aliphatic rings. The standard InChI is InChI=1S/C21H35N3O4/c1-27-16-18(25)22-17-14-21(4-2-3-9-24(21)15-17)19(26)23-10-5-20(6-11-23)7-12-28-13-8-20/h17H,2-16H2,1H3,(H,22,25)/t17?,21-/m1/s1. The number of nitrogens with zero attached hydrogens (tertiary/aromatic N) is 2. The van der Waals surface area contributed by atoms with Gasteiger partial charge in [-0.3, -0.25) is 14.5 Å². The van der Waals surface area contributed by atoms with Gasteiger partial charge < -0.3 is 19.7 Å². The highest BCUT2D eigenvalue weighted by atomic mass is 16.5. The van der Waals surface area contributed by atoms with E-state index in [2.05, 4.69) is 15.1 Å². The number of fused-ring (bicyclic) bond motifs is 1. The van der Waals surface area contributed by atoms with E-state index >= 15 is 0 Å². The predicted molar refractivity (Wildman–Crippen MR) is 105 cm³/mol. The maximum Gasteiger partial charge on any atom is 0.246 e. The zero-order valence-electron chi connectivity index (χ0n) is 17.2. The highest BCUT2D eigenvalue weighted by molar-refractivity contribution is 5.87. The van der Waals surface area contributed by atoms with Crippen molar-refractivity contribution >= 4 is 11.8 Å². The van der Waals surface area contributed by atoms with E-state index < -0.39 is 5.54 Å². The van der Waals surface area contributed by atoms with Crippen molar-refractivity contribution in [3.05, 3.63) is 0 Å². The molecule has 0 aromatic rings. The summed E-state index contributed by atoms with van der Waals surface area (Å²) in [5.74, 6) is 0.215. The van der Waals surface area contributed by atoms with Gasteiger partial charge in [0.2, 0.25) is 11.8 Å². The monoisotopic (exact) mass is 393 g/mol. The maximum absolute atomic E-state index is 13.7. The largest absolute Gasteiger partial charge is 0.381 e. The minimum Gasteiger partial charge on any atom is -0.381 e. The lowest BCUT2D eigenvalue weighted by molar-refractivity contribution is -0.148. The summed E-state index contributed by atoms with van der Waals surface area (Å²) in [7, 11) is 1.53. The second kappa shape index (κ2) is 8.28. The minimum atomic E-state index is -0.413. The summed E-state index contributed by atoms with van der Waals surface area (Å²) >= 11 is 0. The third-order valence-electron chi connectivity index (χ3n) is 7.60.